The van der Waals surface area contributed by atoms with Gasteiger partial charge in [-0.2, -0.15) is 0 Å². The number of rotatable bonds is 4. The lowest BCUT2D eigenvalue weighted by Crippen LogP contribution is -2.37. The van der Waals surface area contributed by atoms with Gasteiger partial charge in [0.05, 0.1) is 5.25 Å². The monoisotopic (exact) mass is 192 g/mol. The third-order valence-electron chi connectivity index (χ3n) is 1.27. The molecular formula is C6H12N2O3S. The van der Waals surface area contributed by atoms with Gasteiger partial charge in [0.15, 0.2) is 0 Å². The summed E-state index contributed by atoms with van der Waals surface area (Å²) in [6.07, 6.45) is 0. The Bertz CT molecular complexity index is 186. The lowest BCUT2D eigenvalue weighted by atomic mass is 10.4. The zero-order valence-electron chi connectivity index (χ0n) is 6.90. The Kier molecular flexibility index (Phi) is 4.68. The van der Waals surface area contributed by atoms with Crippen molar-refractivity contribution in [3.05, 3.63) is 0 Å². The van der Waals surface area contributed by atoms with Crippen LogP contribution in [0.3, 0.4) is 0 Å². The predicted octanol–water partition coefficient (Wildman–Crippen LogP) is -0.429. The van der Waals surface area contributed by atoms with Gasteiger partial charge >= 0.3 is 5.97 Å². The molecule has 0 aromatic heterocycles. The smallest absolute Gasteiger partial charge is 0.316 e. The first-order chi connectivity index (χ1) is 5.49. The number of carboxylic acids is 1. The molecule has 0 saturated heterocycles. The average Bonchev–Trinajstić information content (AvgIpc) is 2.02. The van der Waals surface area contributed by atoms with Gasteiger partial charge in [0.1, 0.15) is 5.25 Å². The second kappa shape index (κ2) is 5.00. The summed E-state index contributed by atoms with van der Waals surface area (Å²) in [5.41, 5.74) is 1.96. The molecule has 2 atom stereocenters. The van der Waals surface area contributed by atoms with E-state index in [2.05, 4.69) is 0 Å². The zero-order valence-corrected chi connectivity index (χ0v) is 7.72. The molecular weight excluding hydrogens is 180 g/mol. The van der Waals surface area contributed by atoms with Gasteiger partial charge in [-0.05, 0) is 13.8 Å². The lowest BCUT2D eigenvalue weighted by Gasteiger charge is -2.11. The molecule has 0 aromatic carbocycles. The fraction of sp³-hybridized carbons (Fsp3) is 0.667. The summed E-state index contributed by atoms with van der Waals surface area (Å²) >= 11 is 1.05. The quantitative estimate of drug-likeness (QED) is 0.319. The summed E-state index contributed by atoms with van der Waals surface area (Å²) in [6.45, 7) is 3.12. The number of carbonyl (C=O) groups excluding carboxylic acids is 1. The van der Waals surface area contributed by atoms with Crippen molar-refractivity contribution < 1.29 is 14.7 Å². The molecule has 0 rings (SSSR count). The van der Waals surface area contributed by atoms with Crippen LogP contribution in [0.25, 0.3) is 0 Å². The number of carboxylic acid groups (broad SMARTS) is 1. The first-order valence-corrected chi connectivity index (χ1v) is 4.32. The standard InChI is InChI=1S/C6H12N2O3S/c1-3(5(9)8-7)12-4(2)6(10)11/h3-4H,7H2,1-2H3,(H,8,9)(H,10,11). The van der Waals surface area contributed by atoms with E-state index in [0.29, 0.717) is 0 Å². The van der Waals surface area contributed by atoms with E-state index in [0.717, 1.165) is 11.8 Å². The molecule has 0 saturated carbocycles. The highest BCUT2D eigenvalue weighted by atomic mass is 32.2. The summed E-state index contributed by atoms with van der Waals surface area (Å²) < 4.78 is 0. The predicted molar refractivity (Wildman–Crippen MR) is 46.5 cm³/mol. The number of carbonyl (C=O) groups is 2. The fourth-order valence-electron chi connectivity index (χ4n) is 0.544. The van der Waals surface area contributed by atoms with Crippen LogP contribution >= 0.6 is 11.8 Å². The Morgan fingerprint density at radius 1 is 1.42 bits per heavy atom. The molecule has 5 nitrogen and oxygen atoms in total. The SMILES string of the molecule is CC(SC(C)C(=O)NN)C(=O)O. The Balaban J connectivity index is 3.91. The molecule has 0 radical (unpaired) electrons. The number of thioether (sulfide) groups is 1. The molecule has 0 aliphatic heterocycles. The molecule has 0 aliphatic carbocycles. The highest BCUT2D eigenvalue weighted by Crippen LogP contribution is 2.17. The number of hydrogen-bond acceptors (Lipinski definition) is 4. The minimum Gasteiger partial charge on any atom is -0.480 e. The number of nitrogens with two attached hydrogens (primary N) is 1. The van der Waals surface area contributed by atoms with Gasteiger partial charge in [0, 0.05) is 0 Å². The van der Waals surface area contributed by atoms with Crippen LogP contribution in [0.1, 0.15) is 13.8 Å². The largest absolute Gasteiger partial charge is 0.480 e. The highest BCUT2D eigenvalue weighted by Gasteiger charge is 2.19. The molecule has 2 unspecified atom stereocenters. The molecule has 0 heterocycles. The fourth-order valence-corrected chi connectivity index (χ4v) is 1.46. The Labute approximate surface area is 74.7 Å². The van der Waals surface area contributed by atoms with Crippen molar-refractivity contribution in [2.45, 2.75) is 24.3 Å². The van der Waals surface area contributed by atoms with Crippen LogP contribution in [-0.4, -0.2) is 27.5 Å². The summed E-state index contributed by atoms with van der Waals surface area (Å²) in [5, 5.41) is 7.46. The molecule has 70 valence electrons. The Hall–Kier alpha value is -0.750. The van der Waals surface area contributed by atoms with Crippen LogP contribution in [0.2, 0.25) is 0 Å². The van der Waals surface area contributed by atoms with Crippen molar-refractivity contribution in [2.75, 3.05) is 0 Å². The molecule has 12 heavy (non-hydrogen) atoms. The topological polar surface area (TPSA) is 92.4 Å². The maximum absolute atomic E-state index is 10.8. The summed E-state index contributed by atoms with van der Waals surface area (Å²) in [6, 6.07) is 0. The second-order valence-corrected chi connectivity index (χ2v) is 3.95. The van der Waals surface area contributed by atoms with Crippen LogP contribution in [-0.2, 0) is 9.59 Å². The van der Waals surface area contributed by atoms with Crippen LogP contribution in [0, 0.1) is 0 Å². The van der Waals surface area contributed by atoms with E-state index in [1.165, 1.54) is 6.92 Å². The molecule has 6 heteroatoms. The molecule has 0 spiro atoms. The van der Waals surface area contributed by atoms with E-state index in [1.54, 1.807) is 6.92 Å². The van der Waals surface area contributed by atoms with Gasteiger partial charge in [-0.3, -0.25) is 15.0 Å². The van der Waals surface area contributed by atoms with E-state index < -0.39 is 16.5 Å². The summed E-state index contributed by atoms with van der Waals surface area (Å²) in [4.78, 5) is 21.2. The number of aliphatic carboxylic acids is 1. The Morgan fingerprint density at radius 2 is 1.92 bits per heavy atom. The van der Waals surface area contributed by atoms with Gasteiger partial charge in [0.2, 0.25) is 5.91 Å². The van der Waals surface area contributed by atoms with Crippen LogP contribution in [0.5, 0.6) is 0 Å². The van der Waals surface area contributed by atoms with Gasteiger partial charge in [-0.1, -0.05) is 0 Å². The third kappa shape index (κ3) is 3.59. The molecule has 0 bridgehead atoms. The van der Waals surface area contributed by atoms with Gasteiger partial charge in [-0.15, -0.1) is 11.8 Å². The average molecular weight is 192 g/mol. The number of amides is 1. The highest BCUT2D eigenvalue weighted by molar-refractivity contribution is 8.01. The number of nitrogens with one attached hydrogen (secondary N) is 1. The number of hydrogen-bond donors (Lipinski definition) is 3. The minimum atomic E-state index is -0.934. The van der Waals surface area contributed by atoms with E-state index in [1.807, 2.05) is 5.43 Å². The minimum absolute atomic E-state index is 0.367. The van der Waals surface area contributed by atoms with Gasteiger partial charge in [0.25, 0.3) is 0 Å². The van der Waals surface area contributed by atoms with E-state index in [4.69, 9.17) is 10.9 Å². The molecule has 1 amide bonds. The number of hydrazine groups is 1. The second-order valence-electron chi connectivity index (χ2n) is 2.27. The Morgan fingerprint density at radius 3 is 2.25 bits per heavy atom. The van der Waals surface area contributed by atoms with Crippen molar-refractivity contribution in [3.8, 4) is 0 Å². The normalized spacial score (nSPS) is 14.9. The van der Waals surface area contributed by atoms with Crippen molar-refractivity contribution in [1.82, 2.24) is 5.43 Å². The van der Waals surface area contributed by atoms with Crippen molar-refractivity contribution in [2.24, 2.45) is 5.84 Å². The molecule has 4 N–H and O–H groups in total. The third-order valence-corrected chi connectivity index (χ3v) is 2.50. The summed E-state index contributed by atoms with van der Waals surface area (Å²) in [5.74, 6) is 3.56. The van der Waals surface area contributed by atoms with Crippen LogP contribution < -0.4 is 11.3 Å². The first-order valence-electron chi connectivity index (χ1n) is 3.37. The van der Waals surface area contributed by atoms with Crippen LogP contribution in [0.15, 0.2) is 0 Å². The summed E-state index contributed by atoms with van der Waals surface area (Å²) in [7, 11) is 0. The maximum Gasteiger partial charge on any atom is 0.316 e. The molecule has 0 fully saturated rings. The lowest BCUT2D eigenvalue weighted by molar-refractivity contribution is -0.136. The zero-order chi connectivity index (χ0) is 9.72. The van der Waals surface area contributed by atoms with Crippen molar-refractivity contribution >= 4 is 23.6 Å². The molecule has 0 aliphatic rings. The first kappa shape index (κ1) is 11.2. The van der Waals surface area contributed by atoms with E-state index in [-0.39, 0.29) is 5.91 Å². The van der Waals surface area contributed by atoms with Crippen molar-refractivity contribution in [3.63, 3.8) is 0 Å². The van der Waals surface area contributed by atoms with Crippen molar-refractivity contribution in [1.29, 1.82) is 0 Å². The molecule has 0 aromatic rings. The van der Waals surface area contributed by atoms with Gasteiger partial charge in [-0.25, -0.2) is 5.84 Å². The van der Waals surface area contributed by atoms with Gasteiger partial charge < -0.3 is 5.11 Å². The van der Waals surface area contributed by atoms with E-state index in [9.17, 15) is 9.59 Å². The van der Waals surface area contributed by atoms with Crippen LogP contribution in [0.4, 0.5) is 0 Å². The van der Waals surface area contributed by atoms with E-state index >= 15 is 0 Å². The maximum atomic E-state index is 10.8.